The first kappa shape index (κ1) is 14.9. The third-order valence-corrected chi connectivity index (χ3v) is 2.66. The molecule has 0 aliphatic heterocycles. The molecular formula is C14H24N2O2. The van der Waals surface area contributed by atoms with Crippen molar-refractivity contribution in [3.63, 3.8) is 0 Å². The Hall–Kier alpha value is -1.13. The number of pyridine rings is 1. The number of nitrogens with zero attached hydrogens (tertiary/aromatic N) is 1. The molecule has 18 heavy (non-hydrogen) atoms. The lowest BCUT2D eigenvalue weighted by molar-refractivity contribution is 0.0602. The van der Waals surface area contributed by atoms with Crippen LogP contribution in [0, 0.1) is 5.92 Å². The maximum atomic E-state index is 9.35. The van der Waals surface area contributed by atoms with Crippen molar-refractivity contribution >= 4 is 0 Å². The molecule has 4 nitrogen and oxygen atoms in total. The number of hydrogen-bond acceptors (Lipinski definition) is 4. The van der Waals surface area contributed by atoms with Gasteiger partial charge in [0.05, 0.1) is 18.0 Å². The lowest BCUT2D eigenvalue weighted by Gasteiger charge is -2.17. The van der Waals surface area contributed by atoms with Crippen LogP contribution in [0.25, 0.3) is 0 Å². The van der Waals surface area contributed by atoms with Gasteiger partial charge in [0.1, 0.15) is 11.9 Å². The minimum atomic E-state index is -0.489. The van der Waals surface area contributed by atoms with E-state index in [1.807, 2.05) is 19.1 Å². The second-order valence-electron chi connectivity index (χ2n) is 5.07. The summed E-state index contributed by atoms with van der Waals surface area (Å²) in [6.45, 7) is 9.65. The van der Waals surface area contributed by atoms with Crippen LogP contribution < -0.4 is 10.1 Å². The number of hydrogen-bond donors (Lipinski definition) is 2. The number of ether oxygens (including phenoxy) is 1. The number of aliphatic hydroxyl groups excluding tert-OH is 1. The Bertz CT molecular complexity index is 336. The molecule has 4 heteroatoms. The van der Waals surface area contributed by atoms with Crippen molar-refractivity contribution in [3.05, 3.63) is 24.0 Å². The molecule has 1 rings (SSSR count). The van der Waals surface area contributed by atoms with E-state index in [1.54, 1.807) is 13.1 Å². The first-order chi connectivity index (χ1) is 8.49. The summed E-state index contributed by atoms with van der Waals surface area (Å²) in [5, 5.41) is 12.7. The van der Waals surface area contributed by atoms with Gasteiger partial charge in [0.25, 0.3) is 0 Å². The summed E-state index contributed by atoms with van der Waals surface area (Å²) in [6, 6.07) is 3.83. The molecule has 1 aromatic rings. The molecule has 2 atom stereocenters. The average molecular weight is 252 g/mol. The van der Waals surface area contributed by atoms with Crippen LogP contribution in [-0.2, 0) is 6.54 Å². The van der Waals surface area contributed by atoms with E-state index in [2.05, 4.69) is 24.1 Å². The summed E-state index contributed by atoms with van der Waals surface area (Å²) in [6.07, 6.45) is 0.986. The van der Waals surface area contributed by atoms with Gasteiger partial charge in [-0.2, -0.15) is 0 Å². The summed E-state index contributed by atoms with van der Waals surface area (Å²) in [7, 11) is 0. The number of rotatable bonds is 7. The van der Waals surface area contributed by atoms with Crippen LogP contribution in [0.2, 0.25) is 0 Å². The highest BCUT2D eigenvalue weighted by molar-refractivity contribution is 5.20. The normalized spacial score (nSPS) is 14.6. The van der Waals surface area contributed by atoms with E-state index in [0.717, 1.165) is 18.8 Å². The highest BCUT2D eigenvalue weighted by Gasteiger charge is 2.10. The Kier molecular flexibility index (Phi) is 6.09. The summed E-state index contributed by atoms with van der Waals surface area (Å²) < 4.78 is 5.54. The first-order valence-electron chi connectivity index (χ1n) is 6.49. The zero-order valence-electron chi connectivity index (χ0n) is 11.7. The van der Waals surface area contributed by atoms with E-state index < -0.39 is 6.10 Å². The standard InChI is InChI=1S/C14H24N2O2/c1-10(2)7-15-8-13-5-6-14(9-16-13)18-12(4)11(3)17/h5-6,9-12,15,17H,7-8H2,1-4H3. The molecule has 2 N–H and O–H groups in total. The molecule has 0 saturated heterocycles. The van der Waals surface area contributed by atoms with E-state index in [4.69, 9.17) is 4.74 Å². The predicted octanol–water partition coefficient (Wildman–Crippen LogP) is 1.98. The molecule has 1 heterocycles. The van der Waals surface area contributed by atoms with Crippen LogP contribution >= 0.6 is 0 Å². The van der Waals surface area contributed by atoms with Crippen LogP contribution in [0.1, 0.15) is 33.4 Å². The molecule has 0 aliphatic rings. The fraction of sp³-hybridized carbons (Fsp3) is 0.643. The second-order valence-corrected chi connectivity index (χ2v) is 5.07. The smallest absolute Gasteiger partial charge is 0.138 e. The molecule has 0 saturated carbocycles. The molecule has 0 bridgehead atoms. The molecule has 0 radical (unpaired) electrons. The van der Waals surface area contributed by atoms with Gasteiger partial charge >= 0.3 is 0 Å². The van der Waals surface area contributed by atoms with E-state index in [1.165, 1.54) is 0 Å². The lowest BCUT2D eigenvalue weighted by atomic mass is 10.2. The molecule has 102 valence electrons. The maximum Gasteiger partial charge on any atom is 0.138 e. The largest absolute Gasteiger partial charge is 0.486 e. The van der Waals surface area contributed by atoms with Crippen molar-refractivity contribution in [3.8, 4) is 5.75 Å². The van der Waals surface area contributed by atoms with Gasteiger partial charge in [0, 0.05) is 6.54 Å². The maximum absolute atomic E-state index is 9.35. The second kappa shape index (κ2) is 7.34. The van der Waals surface area contributed by atoms with Crippen molar-refractivity contribution in [2.45, 2.75) is 46.4 Å². The Morgan fingerprint density at radius 2 is 2.00 bits per heavy atom. The molecule has 0 aromatic carbocycles. The fourth-order valence-electron chi connectivity index (χ4n) is 1.39. The van der Waals surface area contributed by atoms with E-state index in [9.17, 15) is 5.11 Å². The fourth-order valence-corrected chi connectivity index (χ4v) is 1.39. The molecule has 0 fully saturated rings. The van der Waals surface area contributed by atoms with Crippen molar-refractivity contribution in [1.82, 2.24) is 10.3 Å². The molecule has 0 spiro atoms. The Morgan fingerprint density at radius 3 is 2.50 bits per heavy atom. The van der Waals surface area contributed by atoms with Crippen LogP contribution in [0.15, 0.2) is 18.3 Å². The molecule has 0 aliphatic carbocycles. The SMILES string of the molecule is CC(C)CNCc1ccc(OC(C)C(C)O)cn1. The molecule has 1 aromatic heterocycles. The van der Waals surface area contributed by atoms with Gasteiger partial charge in [-0.25, -0.2) is 0 Å². The highest BCUT2D eigenvalue weighted by Crippen LogP contribution is 2.12. The van der Waals surface area contributed by atoms with Gasteiger partial charge in [0.2, 0.25) is 0 Å². The monoisotopic (exact) mass is 252 g/mol. The van der Waals surface area contributed by atoms with E-state index >= 15 is 0 Å². The van der Waals surface area contributed by atoms with Crippen LogP contribution in [-0.4, -0.2) is 28.8 Å². The van der Waals surface area contributed by atoms with Crippen molar-refractivity contribution in [1.29, 1.82) is 0 Å². The van der Waals surface area contributed by atoms with Crippen molar-refractivity contribution in [2.24, 2.45) is 5.92 Å². The van der Waals surface area contributed by atoms with Gasteiger partial charge in [-0.1, -0.05) is 13.8 Å². The third kappa shape index (κ3) is 5.47. The summed E-state index contributed by atoms with van der Waals surface area (Å²) in [4.78, 5) is 4.32. The van der Waals surface area contributed by atoms with Crippen LogP contribution in [0.5, 0.6) is 5.75 Å². The lowest BCUT2D eigenvalue weighted by Crippen LogP contribution is -2.25. The van der Waals surface area contributed by atoms with E-state index in [-0.39, 0.29) is 6.10 Å². The van der Waals surface area contributed by atoms with E-state index in [0.29, 0.717) is 11.7 Å². The Labute approximate surface area is 109 Å². The zero-order valence-corrected chi connectivity index (χ0v) is 11.7. The Morgan fingerprint density at radius 1 is 1.28 bits per heavy atom. The Balaban J connectivity index is 2.42. The minimum absolute atomic E-state index is 0.225. The number of aliphatic hydroxyl groups is 1. The highest BCUT2D eigenvalue weighted by atomic mass is 16.5. The number of nitrogens with one attached hydrogen (secondary N) is 1. The number of aromatic nitrogens is 1. The van der Waals surface area contributed by atoms with Gasteiger partial charge in [-0.15, -0.1) is 0 Å². The first-order valence-corrected chi connectivity index (χ1v) is 6.49. The summed E-state index contributed by atoms with van der Waals surface area (Å²) in [5.74, 6) is 1.33. The molecular weight excluding hydrogens is 228 g/mol. The predicted molar refractivity (Wildman–Crippen MR) is 72.6 cm³/mol. The molecule has 2 unspecified atom stereocenters. The van der Waals surface area contributed by atoms with Crippen molar-refractivity contribution < 1.29 is 9.84 Å². The van der Waals surface area contributed by atoms with Crippen molar-refractivity contribution in [2.75, 3.05) is 6.54 Å². The van der Waals surface area contributed by atoms with Gasteiger partial charge in [-0.3, -0.25) is 4.98 Å². The van der Waals surface area contributed by atoms with Gasteiger partial charge in [-0.05, 0) is 38.4 Å². The minimum Gasteiger partial charge on any atom is -0.486 e. The third-order valence-electron chi connectivity index (χ3n) is 2.66. The summed E-state index contributed by atoms with van der Waals surface area (Å²) >= 11 is 0. The van der Waals surface area contributed by atoms with Gasteiger partial charge in [0.15, 0.2) is 0 Å². The average Bonchev–Trinajstić information content (AvgIpc) is 2.30. The summed E-state index contributed by atoms with van der Waals surface area (Å²) in [5.41, 5.74) is 0.993. The quantitative estimate of drug-likeness (QED) is 0.779. The van der Waals surface area contributed by atoms with Crippen LogP contribution in [0.3, 0.4) is 0 Å². The van der Waals surface area contributed by atoms with Crippen LogP contribution in [0.4, 0.5) is 0 Å². The molecule has 0 amide bonds. The van der Waals surface area contributed by atoms with Gasteiger partial charge < -0.3 is 15.2 Å². The zero-order chi connectivity index (χ0) is 13.5. The topological polar surface area (TPSA) is 54.4 Å².